The summed E-state index contributed by atoms with van der Waals surface area (Å²) in [6.45, 7) is 5.42. The zero-order chi connectivity index (χ0) is 28.4. The van der Waals surface area contributed by atoms with Gasteiger partial charge in [-0.3, -0.25) is 9.59 Å². The van der Waals surface area contributed by atoms with E-state index in [9.17, 15) is 9.59 Å². The van der Waals surface area contributed by atoms with Gasteiger partial charge in [-0.05, 0) is 68.3 Å². The van der Waals surface area contributed by atoms with E-state index in [1.54, 1.807) is 44.4 Å². The molecule has 0 unspecified atom stereocenters. The highest BCUT2D eigenvalue weighted by molar-refractivity contribution is 6.35. The Morgan fingerprint density at radius 3 is 2.28 bits per heavy atom. The number of carbonyl (C=O) groups excluding carboxylic acids is 2. The normalized spacial score (nSPS) is 12.6. The second-order valence-corrected chi connectivity index (χ2v) is 9.74. The number of rotatable bonds is 12. The first-order chi connectivity index (χ1) is 18.7. The highest BCUT2D eigenvalue weighted by atomic mass is 35.5. The number of carbonyl (C=O) groups is 2. The van der Waals surface area contributed by atoms with Crippen LogP contribution in [0.5, 0.6) is 17.2 Å². The molecule has 0 heterocycles. The number of ether oxygens (including phenoxy) is 3. The summed E-state index contributed by atoms with van der Waals surface area (Å²) in [4.78, 5) is 26.0. The molecule has 0 aliphatic carbocycles. The van der Waals surface area contributed by atoms with Crippen molar-refractivity contribution in [1.29, 1.82) is 0 Å². The molecule has 0 saturated carbocycles. The van der Waals surface area contributed by atoms with E-state index in [0.717, 1.165) is 5.56 Å². The fraction of sp³-hybridized carbons (Fsp3) is 0.276. The van der Waals surface area contributed by atoms with Crippen LogP contribution in [0.25, 0.3) is 0 Å². The summed E-state index contributed by atoms with van der Waals surface area (Å²) in [7, 11) is 1.55. The minimum atomic E-state index is -0.933. The van der Waals surface area contributed by atoms with Crippen LogP contribution in [-0.2, 0) is 16.0 Å². The monoisotopic (exact) mass is 571 g/mol. The molecule has 0 fully saturated rings. The highest BCUT2D eigenvalue weighted by Gasteiger charge is 2.25. The third kappa shape index (κ3) is 9.19. The molecular formula is C29H31Cl2N3O5. The summed E-state index contributed by atoms with van der Waals surface area (Å²) in [5.41, 5.74) is 4.06. The molecule has 3 aromatic rings. The third-order valence-electron chi connectivity index (χ3n) is 5.42. The van der Waals surface area contributed by atoms with Crippen LogP contribution >= 0.6 is 23.2 Å². The van der Waals surface area contributed by atoms with Crippen molar-refractivity contribution in [3.63, 3.8) is 0 Å². The van der Waals surface area contributed by atoms with Crippen molar-refractivity contribution in [2.75, 3.05) is 7.11 Å². The maximum atomic E-state index is 13.1. The van der Waals surface area contributed by atoms with Gasteiger partial charge in [-0.15, -0.1) is 0 Å². The zero-order valence-electron chi connectivity index (χ0n) is 22.1. The minimum absolute atomic E-state index is 0.00856. The van der Waals surface area contributed by atoms with Crippen LogP contribution in [0.2, 0.25) is 10.0 Å². The van der Waals surface area contributed by atoms with E-state index >= 15 is 0 Å². The number of nitrogens with one attached hydrogen (secondary N) is 2. The van der Waals surface area contributed by atoms with Crippen molar-refractivity contribution in [3.8, 4) is 17.2 Å². The second-order valence-electron chi connectivity index (χ2n) is 8.90. The summed E-state index contributed by atoms with van der Waals surface area (Å²) < 4.78 is 16.8. The van der Waals surface area contributed by atoms with Crippen molar-refractivity contribution in [2.24, 2.45) is 5.10 Å². The summed E-state index contributed by atoms with van der Waals surface area (Å²) in [6, 6.07) is 18.4. The first-order valence-electron chi connectivity index (χ1n) is 12.3. The van der Waals surface area contributed by atoms with E-state index in [-0.39, 0.29) is 17.5 Å². The van der Waals surface area contributed by atoms with Crippen LogP contribution in [0.3, 0.4) is 0 Å². The van der Waals surface area contributed by atoms with Crippen LogP contribution in [0, 0.1) is 0 Å². The first-order valence-corrected chi connectivity index (χ1v) is 13.1. The Hall–Kier alpha value is -3.75. The predicted molar refractivity (Wildman–Crippen MR) is 153 cm³/mol. The molecule has 3 aromatic carbocycles. The summed E-state index contributed by atoms with van der Waals surface area (Å²) >= 11 is 12.1. The number of amides is 2. The minimum Gasteiger partial charge on any atom is -0.493 e. The molecule has 0 aromatic heterocycles. The fourth-order valence-electron chi connectivity index (χ4n) is 3.53. The van der Waals surface area contributed by atoms with Gasteiger partial charge in [0.15, 0.2) is 17.6 Å². The Morgan fingerprint density at radius 2 is 1.62 bits per heavy atom. The molecule has 0 aliphatic rings. The number of hydrazone groups is 1. The maximum Gasteiger partial charge on any atom is 0.262 e. The SMILES string of the molecule is COc1cc(/C=N\NC(=O)[C@@H](Cc2ccccc2)NC(=O)[C@H](C)Oc2ccc(Cl)cc2Cl)ccc1OC(C)C. The molecule has 0 radical (unpaired) electrons. The summed E-state index contributed by atoms with van der Waals surface area (Å²) in [6.07, 6.45) is 0.787. The topological polar surface area (TPSA) is 98.2 Å². The zero-order valence-corrected chi connectivity index (χ0v) is 23.6. The lowest BCUT2D eigenvalue weighted by Crippen LogP contribution is -2.50. The third-order valence-corrected chi connectivity index (χ3v) is 5.95. The quantitative estimate of drug-likeness (QED) is 0.223. The molecule has 0 spiro atoms. The molecule has 8 nitrogen and oxygen atoms in total. The van der Waals surface area contributed by atoms with E-state index in [4.69, 9.17) is 37.4 Å². The predicted octanol–water partition coefficient (Wildman–Crippen LogP) is 5.43. The lowest BCUT2D eigenvalue weighted by molar-refractivity contribution is -0.132. The second kappa shape index (κ2) is 14.4. The van der Waals surface area contributed by atoms with Crippen LogP contribution in [0.15, 0.2) is 71.8 Å². The molecule has 2 amide bonds. The molecule has 39 heavy (non-hydrogen) atoms. The number of hydrogen-bond acceptors (Lipinski definition) is 6. The lowest BCUT2D eigenvalue weighted by Gasteiger charge is -2.21. The van der Waals surface area contributed by atoms with Crippen LogP contribution in [-0.4, -0.2) is 43.4 Å². The van der Waals surface area contributed by atoms with Crippen LogP contribution in [0.4, 0.5) is 0 Å². The summed E-state index contributed by atoms with van der Waals surface area (Å²) in [5, 5.41) is 7.55. The van der Waals surface area contributed by atoms with Gasteiger partial charge in [-0.25, -0.2) is 5.43 Å². The van der Waals surface area contributed by atoms with E-state index in [1.165, 1.54) is 12.3 Å². The largest absolute Gasteiger partial charge is 0.493 e. The highest BCUT2D eigenvalue weighted by Crippen LogP contribution is 2.29. The van der Waals surface area contributed by atoms with E-state index in [2.05, 4.69) is 15.8 Å². The molecule has 2 atom stereocenters. The van der Waals surface area contributed by atoms with Crippen LogP contribution in [0.1, 0.15) is 31.9 Å². The van der Waals surface area contributed by atoms with Gasteiger partial charge in [0, 0.05) is 11.4 Å². The van der Waals surface area contributed by atoms with E-state index in [0.29, 0.717) is 27.8 Å². The van der Waals surface area contributed by atoms with Gasteiger partial charge in [0.1, 0.15) is 11.8 Å². The maximum absolute atomic E-state index is 13.1. The van der Waals surface area contributed by atoms with Gasteiger partial charge >= 0.3 is 0 Å². The van der Waals surface area contributed by atoms with E-state index in [1.807, 2.05) is 44.2 Å². The van der Waals surface area contributed by atoms with Crippen molar-refractivity contribution in [3.05, 3.63) is 87.9 Å². The average Bonchev–Trinajstić information content (AvgIpc) is 2.90. The lowest BCUT2D eigenvalue weighted by atomic mass is 10.1. The molecule has 3 rings (SSSR count). The Morgan fingerprint density at radius 1 is 0.897 bits per heavy atom. The molecule has 0 saturated heterocycles. The standard InChI is InChI=1S/C29H31Cl2N3O5/c1-18(2)38-26-12-10-21(15-27(26)37-4)17-32-34-29(36)24(14-20-8-6-5-7-9-20)33-28(35)19(3)39-25-13-11-22(30)16-23(25)31/h5-13,15-19,24H,14H2,1-4H3,(H,33,35)(H,34,36)/b32-17-/t19-,24+/m0/s1. The summed E-state index contributed by atoms with van der Waals surface area (Å²) in [5.74, 6) is 0.467. The average molecular weight is 572 g/mol. The van der Waals surface area contributed by atoms with Gasteiger partial charge in [0.05, 0.1) is 24.5 Å². The number of benzene rings is 3. The van der Waals surface area contributed by atoms with Gasteiger partial charge in [-0.1, -0.05) is 53.5 Å². The van der Waals surface area contributed by atoms with Crippen molar-refractivity contribution in [2.45, 2.75) is 45.4 Å². The Balaban J connectivity index is 1.69. The molecule has 206 valence electrons. The number of hydrogen-bond donors (Lipinski definition) is 2. The first kappa shape index (κ1) is 29.8. The number of nitrogens with zero attached hydrogens (tertiary/aromatic N) is 1. The van der Waals surface area contributed by atoms with Crippen molar-refractivity contribution in [1.82, 2.24) is 10.7 Å². The van der Waals surface area contributed by atoms with E-state index < -0.39 is 24.0 Å². The molecule has 2 N–H and O–H groups in total. The Bertz CT molecular complexity index is 1300. The molecular weight excluding hydrogens is 541 g/mol. The Kier molecular flexibility index (Phi) is 11.0. The van der Waals surface area contributed by atoms with Gasteiger partial charge < -0.3 is 19.5 Å². The van der Waals surface area contributed by atoms with Gasteiger partial charge in [-0.2, -0.15) is 5.10 Å². The van der Waals surface area contributed by atoms with Gasteiger partial charge in [0.2, 0.25) is 0 Å². The number of methoxy groups -OCH3 is 1. The molecule has 10 heteroatoms. The number of halogens is 2. The molecule has 0 bridgehead atoms. The van der Waals surface area contributed by atoms with Crippen LogP contribution < -0.4 is 25.0 Å². The Labute approximate surface area is 238 Å². The van der Waals surface area contributed by atoms with Crippen molar-refractivity contribution >= 4 is 41.2 Å². The van der Waals surface area contributed by atoms with Gasteiger partial charge in [0.25, 0.3) is 11.8 Å². The molecule has 0 aliphatic heterocycles. The fourth-order valence-corrected chi connectivity index (χ4v) is 3.98. The van der Waals surface area contributed by atoms with Crippen molar-refractivity contribution < 1.29 is 23.8 Å². The smallest absolute Gasteiger partial charge is 0.262 e.